The topological polar surface area (TPSA) is 59.2 Å². The third kappa shape index (κ3) is 3.88. The van der Waals surface area contributed by atoms with Crippen LogP contribution < -0.4 is 0 Å². The van der Waals surface area contributed by atoms with Gasteiger partial charge in [0, 0.05) is 30.1 Å². The summed E-state index contributed by atoms with van der Waals surface area (Å²) in [6.07, 6.45) is 1.41. The smallest absolute Gasteiger partial charge is 0.232 e. The van der Waals surface area contributed by atoms with Crippen molar-refractivity contribution in [2.45, 2.75) is 32.2 Å². The normalized spacial score (nSPS) is 16.9. The number of nitrogens with zero attached hydrogens (tertiary/aromatic N) is 3. The first kappa shape index (κ1) is 17.7. The van der Waals surface area contributed by atoms with E-state index in [4.69, 9.17) is 16.1 Å². The second-order valence-corrected chi connectivity index (χ2v) is 7.24. The van der Waals surface area contributed by atoms with Crippen LogP contribution in [0.25, 0.3) is 11.4 Å². The van der Waals surface area contributed by atoms with Crippen molar-refractivity contribution in [3.05, 3.63) is 70.6 Å². The molecule has 0 N–H and O–H groups in total. The number of amides is 1. The number of aryl methyl sites for hydroxylation is 1. The van der Waals surface area contributed by atoms with Gasteiger partial charge in [-0.05, 0) is 41.8 Å². The molecule has 0 spiro atoms. The van der Waals surface area contributed by atoms with Crippen LogP contribution in [0.4, 0.5) is 0 Å². The monoisotopic (exact) mass is 381 g/mol. The van der Waals surface area contributed by atoms with Gasteiger partial charge in [-0.3, -0.25) is 4.79 Å². The Balaban J connectivity index is 1.45. The highest BCUT2D eigenvalue weighted by Crippen LogP contribution is 2.30. The molecule has 1 fully saturated rings. The predicted octanol–water partition coefficient (Wildman–Crippen LogP) is 4.47. The van der Waals surface area contributed by atoms with Gasteiger partial charge in [-0.15, -0.1) is 0 Å². The highest BCUT2D eigenvalue weighted by atomic mass is 35.5. The first-order chi connectivity index (χ1) is 13.1. The van der Waals surface area contributed by atoms with Gasteiger partial charge in [0.25, 0.3) is 0 Å². The van der Waals surface area contributed by atoms with Gasteiger partial charge in [0.15, 0.2) is 0 Å². The maximum Gasteiger partial charge on any atom is 0.232 e. The average molecular weight is 382 g/mol. The first-order valence-corrected chi connectivity index (χ1v) is 9.45. The number of carbonyl (C=O) groups is 1. The van der Waals surface area contributed by atoms with Gasteiger partial charge in [0.1, 0.15) is 0 Å². The van der Waals surface area contributed by atoms with Crippen LogP contribution in [-0.4, -0.2) is 27.5 Å². The molecule has 1 saturated heterocycles. The van der Waals surface area contributed by atoms with Crippen molar-refractivity contribution < 1.29 is 9.32 Å². The van der Waals surface area contributed by atoms with E-state index in [-0.39, 0.29) is 11.8 Å². The van der Waals surface area contributed by atoms with E-state index >= 15 is 0 Å². The van der Waals surface area contributed by atoms with E-state index in [0.29, 0.717) is 36.2 Å². The lowest BCUT2D eigenvalue weighted by Gasteiger charge is -2.16. The molecule has 138 valence electrons. The quantitative estimate of drug-likeness (QED) is 0.654. The second-order valence-electron chi connectivity index (χ2n) is 6.81. The summed E-state index contributed by atoms with van der Waals surface area (Å²) in [5.41, 5.74) is 3.27. The Morgan fingerprint density at radius 3 is 2.52 bits per heavy atom. The highest BCUT2D eigenvalue weighted by molar-refractivity contribution is 6.30. The van der Waals surface area contributed by atoms with Crippen LogP contribution >= 0.6 is 11.6 Å². The van der Waals surface area contributed by atoms with Crippen LogP contribution in [0.1, 0.15) is 36.3 Å². The Morgan fingerprint density at radius 2 is 1.81 bits per heavy atom. The minimum Gasteiger partial charge on any atom is -0.339 e. The van der Waals surface area contributed by atoms with Crippen LogP contribution in [0.3, 0.4) is 0 Å². The molecule has 1 amide bonds. The van der Waals surface area contributed by atoms with E-state index in [1.54, 1.807) is 12.1 Å². The van der Waals surface area contributed by atoms with Gasteiger partial charge in [0.05, 0.1) is 5.92 Å². The summed E-state index contributed by atoms with van der Waals surface area (Å²) in [5, 5.41) is 4.71. The summed E-state index contributed by atoms with van der Waals surface area (Å²) in [6, 6.07) is 15.7. The SMILES string of the molecule is CCc1ccc(CN2CC(c3nc(-c4ccc(Cl)cc4)no3)CC2=O)cc1. The number of hydrogen-bond acceptors (Lipinski definition) is 4. The van der Waals surface area contributed by atoms with Gasteiger partial charge in [-0.25, -0.2) is 0 Å². The summed E-state index contributed by atoms with van der Waals surface area (Å²) >= 11 is 5.92. The summed E-state index contributed by atoms with van der Waals surface area (Å²) in [7, 11) is 0. The van der Waals surface area contributed by atoms with Gasteiger partial charge in [0.2, 0.25) is 17.6 Å². The van der Waals surface area contributed by atoms with Crippen LogP contribution in [0.15, 0.2) is 53.1 Å². The molecule has 2 heterocycles. The molecule has 0 saturated carbocycles. The molecule has 5 nitrogen and oxygen atoms in total. The van der Waals surface area contributed by atoms with E-state index in [9.17, 15) is 4.79 Å². The van der Waals surface area contributed by atoms with Crippen molar-refractivity contribution in [1.29, 1.82) is 0 Å². The summed E-state index contributed by atoms with van der Waals surface area (Å²) in [6.45, 7) is 3.33. The minimum atomic E-state index is -0.0686. The Morgan fingerprint density at radius 1 is 1.11 bits per heavy atom. The lowest BCUT2D eigenvalue weighted by atomic mass is 10.1. The molecule has 27 heavy (non-hydrogen) atoms. The molecule has 1 atom stereocenters. The number of halogens is 1. The molecule has 0 bridgehead atoms. The van der Waals surface area contributed by atoms with E-state index in [1.807, 2.05) is 17.0 Å². The molecule has 1 aliphatic rings. The molecule has 2 aromatic carbocycles. The summed E-state index contributed by atoms with van der Waals surface area (Å²) in [5.74, 6) is 1.08. The van der Waals surface area contributed by atoms with Crippen LogP contribution in [0.5, 0.6) is 0 Å². The Hall–Kier alpha value is -2.66. The zero-order valence-corrected chi connectivity index (χ0v) is 15.8. The lowest BCUT2D eigenvalue weighted by molar-refractivity contribution is -0.128. The number of hydrogen-bond donors (Lipinski definition) is 0. The third-order valence-electron chi connectivity index (χ3n) is 4.91. The van der Waals surface area contributed by atoms with E-state index in [1.165, 1.54) is 5.56 Å². The minimum absolute atomic E-state index is 0.0686. The summed E-state index contributed by atoms with van der Waals surface area (Å²) < 4.78 is 5.44. The molecule has 3 aromatic rings. The van der Waals surface area contributed by atoms with E-state index < -0.39 is 0 Å². The Kier molecular flexibility index (Phi) is 4.94. The van der Waals surface area contributed by atoms with Gasteiger partial charge in [-0.2, -0.15) is 4.98 Å². The van der Waals surface area contributed by atoms with Gasteiger partial charge < -0.3 is 9.42 Å². The van der Waals surface area contributed by atoms with E-state index in [2.05, 4.69) is 41.3 Å². The molecule has 1 aromatic heterocycles. The Labute approximate surface area is 163 Å². The van der Waals surface area contributed by atoms with Crippen molar-refractivity contribution in [2.24, 2.45) is 0 Å². The standard InChI is InChI=1S/C21H20ClN3O2/c1-2-14-3-5-15(6-4-14)12-25-13-17(11-19(25)26)21-23-20(24-27-21)16-7-9-18(22)10-8-16/h3-10,17H,2,11-13H2,1H3. The third-order valence-corrected chi connectivity index (χ3v) is 5.16. The number of carbonyl (C=O) groups excluding carboxylic acids is 1. The molecular formula is C21H20ClN3O2. The number of rotatable bonds is 5. The van der Waals surface area contributed by atoms with Crippen LogP contribution in [0.2, 0.25) is 5.02 Å². The molecule has 6 heteroatoms. The van der Waals surface area contributed by atoms with Gasteiger partial charge in [-0.1, -0.05) is 47.9 Å². The fraction of sp³-hybridized carbons (Fsp3) is 0.286. The molecule has 0 aliphatic carbocycles. The van der Waals surface area contributed by atoms with Gasteiger partial charge >= 0.3 is 0 Å². The second kappa shape index (κ2) is 7.53. The molecule has 1 unspecified atom stereocenters. The fourth-order valence-corrected chi connectivity index (χ4v) is 3.43. The van der Waals surface area contributed by atoms with Crippen molar-refractivity contribution in [3.8, 4) is 11.4 Å². The zero-order valence-electron chi connectivity index (χ0n) is 15.1. The van der Waals surface area contributed by atoms with Crippen molar-refractivity contribution in [2.75, 3.05) is 6.54 Å². The average Bonchev–Trinajstić information content (AvgIpc) is 3.30. The molecule has 1 aliphatic heterocycles. The van der Waals surface area contributed by atoms with Crippen molar-refractivity contribution >= 4 is 17.5 Å². The van der Waals surface area contributed by atoms with Crippen molar-refractivity contribution in [1.82, 2.24) is 15.0 Å². The van der Waals surface area contributed by atoms with Crippen LogP contribution in [-0.2, 0) is 17.8 Å². The number of likely N-dealkylation sites (tertiary alicyclic amines) is 1. The zero-order chi connectivity index (χ0) is 18.8. The first-order valence-electron chi connectivity index (χ1n) is 9.07. The largest absolute Gasteiger partial charge is 0.339 e. The fourth-order valence-electron chi connectivity index (χ4n) is 3.31. The van der Waals surface area contributed by atoms with Crippen LogP contribution in [0, 0.1) is 0 Å². The maximum absolute atomic E-state index is 12.4. The maximum atomic E-state index is 12.4. The van der Waals surface area contributed by atoms with E-state index in [0.717, 1.165) is 17.5 Å². The predicted molar refractivity (Wildman–Crippen MR) is 103 cm³/mol. The highest BCUT2D eigenvalue weighted by Gasteiger charge is 2.34. The Bertz CT molecular complexity index is 935. The molecule has 4 rings (SSSR count). The summed E-state index contributed by atoms with van der Waals surface area (Å²) in [4.78, 5) is 18.8. The number of aromatic nitrogens is 2. The molecular weight excluding hydrogens is 362 g/mol. The number of benzene rings is 2. The molecule has 0 radical (unpaired) electrons. The van der Waals surface area contributed by atoms with Crippen molar-refractivity contribution in [3.63, 3.8) is 0 Å². The lowest BCUT2D eigenvalue weighted by Crippen LogP contribution is -2.24.